The van der Waals surface area contributed by atoms with Gasteiger partial charge in [-0.2, -0.15) is 0 Å². The number of allylic oxidation sites excluding steroid dienone is 1. The smallest absolute Gasteiger partial charge is 0.0985 e. The van der Waals surface area contributed by atoms with Crippen LogP contribution in [0.4, 0.5) is 11.4 Å². The Bertz CT molecular complexity index is 3240. The summed E-state index contributed by atoms with van der Waals surface area (Å²) in [5.41, 5.74) is 14.3. The fraction of sp³-hybridized carbons (Fsp3) is 0.0189. The normalized spacial score (nSPS) is 13.9. The van der Waals surface area contributed by atoms with Crippen molar-refractivity contribution in [1.82, 2.24) is 9.13 Å². The van der Waals surface area contributed by atoms with Crippen LogP contribution in [0, 0.1) is 5.41 Å². The SMILES string of the molecule is C/C(=N\C(=C1/C(=N)c2ccccc2N1c1ccccc1)c1ccc(-n2c3ccccc3c3ccccc32)cc1)c1ccc2c3ccccc3n(-c3ccccc3)c2c1. The molecule has 0 saturated carbocycles. The van der Waals surface area contributed by atoms with Gasteiger partial charge in [0.1, 0.15) is 0 Å². The van der Waals surface area contributed by atoms with Gasteiger partial charge in [-0.05, 0) is 79.2 Å². The molecule has 8 aromatic carbocycles. The molecule has 5 heteroatoms. The van der Waals surface area contributed by atoms with Crippen molar-refractivity contribution in [2.45, 2.75) is 6.92 Å². The monoisotopic (exact) mass is 743 g/mol. The minimum absolute atomic E-state index is 0.442. The van der Waals surface area contributed by atoms with Crippen molar-refractivity contribution in [2.75, 3.05) is 4.90 Å². The fourth-order valence-electron chi connectivity index (χ4n) is 8.82. The second-order valence-corrected chi connectivity index (χ2v) is 14.8. The van der Waals surface area contributed by atoms with E-state index in [1.807, 2.05) is 36.4 Å². The van der Waals surface area contributed by atoms with Crippen LogP contribution in [0.2, 0.25) is 0 Å². The lowest BCUT2D eigenvalue weighted by molar-refractivity contribution is 1.18. The van der Waals surface area contributed by atoms with Crippen molar-refractivity contribution in [3.8, 4) is 11.4 Å². The number of hydrogen-bond donors (Lipinski definition) is 1. The van der Waals surface area contributed by atoms with Gasteiger partial charge in [0.25, 0.3) is 0 Å². The van der Waals surface area contributed by atoms with Gasteiger partial charge in [-0.25, -0.2) is 0 Å². The lowest BCUT2D eigenvalue weighted by Crippen LogP contribution is -2.17. The summed E-state index contributed by atoms with van der Waals surface area (Å²) >= 11 is 0. The molecule has 0 bridgehead atoms. The number of fused-ring (bicyclic) bond motifs is 7. The topological polar surface area (TPSA) is 49.3 Å². The van der Waals surface area contributed by atoms with E-state index in [9.17, 15) is 5.41 Å². The maximum absolute atomic E-state index is 9.75. The average Bonchev–Trinajstić information content (AvgIpc) is 3.91. The largest absolute Gasteiger partial charge is 0.309 e. The van der Waals surface area contributed by atoms with E-state index in [0.29, 0.717) is 5.71 Å². The van der Waals surface area contributed by atoms with Crippen LogP contribution >= 0.6 is 0 Å². The molecule has 5 nitrogen and oxygen atoms in total. The summed E-state index contributed by atoms with van der Waals surface area (Å²) in [6, 6.07) is 70.2. The predicted molar refractivity (Wildman–Crippen MR) is 243 cm³/mol. The van der Waals surface area contributed by atoms with Crippen molar-refractivity contribution >= 4 is 72.1 Å². The Hall–Kier alpha value is -7.76. The van der Waals surface area contributed by atoms with Gasteiger partial charge in [-0.1, -0.05) is 133 Å². The summed E-state index contributed by atoms with van der Waals surface area (Å²) in [5.74, 6) is 0. The highest BCUT2D eigenvalue weighted by molar-refractivity contribution is 6.26. The minimum atomic E-state index is 0.442. The molecule has 274 valence electrons. The second-order valence-electron chi connectivity index (χ2n) is 14.8. The van der Waals surface area contributed by atoms with E-state index in [0.717, 1.165) is 78.6 Å². The maximum atomic E-state index is 9.75. The van der Waals surface area contributed by atoms with E-state index in [2.05, 4.69) is 185 Å². The predicted octanol–water partition coefficient (Wildman–Crippen LogP) is 13.3. The molecule has 0 fully saturated rings. The lowest BCUT2D eigenvalue weighted by Gasteiger charge is -2.23. The van der Waals surface area contributed by atoms with Crippen molar-refractivity contribution < 1.29 is 0 Å². The number of para-hydroxylation sites is 6. The first kappa shape index (κ1) is 33.6. The van der Waals surface area contributed by atoms with Crippen LogP contribution < -0.4 is 4.90 Å². The molecule has 0 spiro atoms. The summed E-state index contributed by atoms with van der Waals surface area (Å²) in [6.45, 7) is 2.09. The Labute approximate surface area is 336 Å². The third kappa shape index (κ3) is 5.25. The van der Waals surface area contributed by atoms with Crippen molar-refractivity contribution in [1.29, 1.82) is 5.41 Å². The number of aromatic nitrogens is 2. The van der Waals surface area contributed by atoms with Gasteiger partial charge >= 0.3 is 0 Å². The molecule has 0 radical (unpaired) electrons. The molecule has 10 aromatic rings. The zero-order valence-electron chi connectivity index (χ0n) is 31.8. The zero-order valence-corrected chi connectivity index (χ0v) is 31.8. The molecule has 1 aliphatic heterocycles. The molecule has 2 aromatic heterocycles. The highest BCUT2D eigenvalue weighted by Gasteiger charge is 2.33. The molecule has 1 N–H and O–H groups in total. The summed E-state index contributed by atoms with van der Waals surface area (Å²) < 4.78 is 4.68. The quantitative estimate of drug-likeness (QED) is 0.169. The first-order valence-corrected chi connectivity index (χ1v) is 19.6. The second kappa shape index (κ2) is 13.5. The van der Waals surface area contributed by atoms with Gasteiger partial charge in [-0.3, -0.25) is 10.4 Å². The summed E-state index contributed by atoms with van der Waals surface area (Å²) in [6.07, 6.45) is 0. The van der Waals surface area contributed by atoms with Crippen LogP contribution in [0.5, 0.6) is 0 Å². The third-order valence-corrected chi connectivity index (χ3v) is 11.5. The Morgan fingerprint density at radius 2 is 0.897 bits per heavy atom. The Kier molecular flexibility index (Phi) is 7.79. The Morgan fingerprint density at radius 1 is 0.431 bits per heavy atom. The van der Waals surface area contributed by atoms with Crippen molar-refractivity contribution in [3.05, 3.63) is 223 Å². The van der Waals surface area contributed by atoms with E-state index >= 15 is 0 Å². The van der Waals surface area contributed by atoms with Gasteiger partial charge in [0.05, 0.1) is 44.9 Å². The summed E-state index contributed by atoms with van der Waals surface area (Å²) in [7, 11) is 0. The fourth-order valence-corrected chi connectivity index (χ4v) is 8.82. The summed E-state index contributed by atoms with van der Waals surface area (Å²) in [4.78, 5) is 7.76. The van der Waals surface area contributed by atoms with Gasteiger partial charge < -0.3 is 14.0 Å². The van der Waals surface area contributed by atoms with Crippen molar-refractivity contribution in [2.24, 2.45) is 4.99 Å². The van der Waals surface area contributed by atoms with E-state index < -0.39 is 0 Å². The number of hydrogen-bond acceptors (Lipinski definition) is 3. The van der Waals surface area contributed by atoms with Crippen LogP contribution in [0.3, 0.4) is 0 Å². The number of benzene rings is 8. The maximum Gasteiger partial charge on any atom is 0.0985 e. The number of rotatable bonds is 6. The molecular weight excluding hydrogens is 707 g/mol. The van der Waals surface area contributed by atoms with Gasteiger partial charge in [0, 0.05) is 55.4 Å². The molecule has 0 unspecified atom stereocenters. The van der Waals surface area contributed by atoms with Crippen LogP contribution in [-0.4, -0.2) is 20.6 Å². The van der Waals surface area contributed by atoms with Crippen LogP contribution in [-0.2, 0) is 0 Å². The lowest BCUT2D eigenvalue weighted by atomic mass is 10.0. The molecular formula is C53H37N5. The highest BCUT2D eigenvalue weighted by Crippen LogP contribution is 2.44. The number of nitrogens with zero attached hydrogens (tertiary/aromatic N) is 4. The van der Waals surface area contributed by atoms with Crippen LogP contribution in [0.1, 0.15) is 23.6 Å². The standard InChI is InChI=1S/C53H37N5/c1-35(37-30-33-44-43-22-10-14-26-48(43)57(50(44)34-37)38-16-4-2-5-17-38)55-52(53-51(54)45-23-11-15-27-49(45)58(53)39-18-6-3-7-19-39)36-28-31-40(32-29-36)56-46-24-12-8-20-41(46)42-21-9-13-25-47(42)56/h2-34,54H,1H3/b53-52+,54-51?,55-35+. The van der Waals surface area contributed by atoms with E-state index in [-0.39, 0.29) is 0 Å². The third-order valence-electron chi connectivity index (χ3n) is 11.5. The van der Waals surface area contributed by atoms with Gasteiger partial charge in [0.2, 0.25) is 0 Å². The average molecular weight is 744 g/mol. The number of aliphatic imine (C=N–C) groups is 1. The van der Waals surface area contributed by atoms with Gasteiger partial charge in [-0.15, -0.1) is 0 Å². The molecule has 3 heterocycles. The summed E-state index contributed by atoms with van der Waals surface area (Å²) in [5, 5.41) is 14.6. The molecule has 0 atom stereocenters. The molecule has 11 rings (SSSR count). The van der Waals surface area contributed by atoms with Crippen molar-refractivity contribution in [3.63, 3.8) is 0 Å². The number of anilines is 2. The molecule has 58 heavy (non-hydrogen) atoms. The van der Waals surface area contributed by atoms with Crippen LogP contribution in [0.25, 0.3) is 60.7 Å². The molecule has 0 amide bonds. The van der Waals surface area contributed by atoms with E-state index in [4.69, 9.17) is 4.99 Å². The molecule has 0 saturated heterocycles. The Balaban J connectivity index is 1.13. The van der Waals surface area contributed by atoms with Crippen LogP contribution in [0.15, 0.2) is 211 Å². The first-order valence-electron chi connectivity index (χ1n) is 19.6. The minimum Gasteiger partial charge on any atom is -0.309 e. The Morgan fingerprint density at radius 3 is 1.52 bits per heavy atom. The van der Waals surface area contributed by atoms with Gasteiger partial charge in [0.15, 0.2) is 0 Å². The van der Waals surface area contributed by atoms with E-state index in [1.54, 1.807) is 0 Å². The molecule has 1 aliphatic rings. The first-order chi connectivity index (χ1) is 28.6. The molecule has 0 aliphatic carbocycles. The highest BCUT2D eigenvalue weighted by atomic mass is 15.2. The van der Waals surface area contributed by atoms with E-state index in [1.165, 1.54) is 21.5 Å². The number of nitrogens with one attached hydrogen (secondary N) is 1. The zero-order chi connectivity index (χ0) is 38.7.